The molecule has 0 spiro atoms. The highest BCUT2D eigenvalue weighted by molar-refractivity contribution is 7.14. The van der Waals surface area contributed by atoms with Gasteiger partial charge >= 0.3 is 0 Å². The second-order valence-electron chi connectivity index (χ2n) is 8.45. The third-order valence-electron chi connectivity index (χ3n) is 5.86. The highest BCUT2D eigenvalue weighted by atomic mass is 35.5. The number of nitrogens with zero attached hydrogens (tertiary/aromatic N) is 2. The summed E-state index contributed by atoms with van der Waals surface area (Å²) in [5.74, 6) is -0.344. The van der Waals surface area contributed by atoms with Crippen molar-refractivity contribution in [2.24, 2.45) is 0 Å². The van der Waals surface area contributed by atoms with Crippen LogP contribution in [0.4, 0.5) is 0 Å². The summed E-state index contributed by atoms with van der Waals surface area (Å²) in [5.41, 5.74) is 1.83. The second-order valence-corrected chi connectivity index (χ2v) is 10.1. The number of amides is 2. The van der Waals surface area contributed by atoms with Gasteiger partial charge in [-0.2, -0.15) is 0 Å². The molecule has 5 rings (SSSR count). The lowest BCUT2D eigenvalue weighted by Gasteiger charge is -2.21. The van der Waals surface area contributed by atoms with Gasteiger partial charge < -0.3 is 19.9 Å². The zero-order chi connectivity index (χ0) is 22.1. The molecule has 2 aliphatic rings. The Morgan fingerprint density at radius 3 is 2.91 bits per heavy atom. The standard InChI is InChI=1S/C23H25ClN4O3S/c24-14-3-7-18-20(10-14)28(13-25-18)12-17-6-8-21(32-17)23(30)27-19(11-16-2-1-9-31-16)22(29)26-15-4-5-15/h3,6-8,10,13,15-16,19H,1-2,4-5,9,11-12H2,(H,26,29)(H,27,30)/t16?,19-/m0/s1. The fourth-order valence-electron chi connectivity index (χ4n) is 3.99. The highest BCUT2D eigenvalue weighted by Gasteiger charge is 2.31. The van der Waals surface area contributed by atoms with Crippen LogP contribution in [0.1, 0.15) is 46.7 Å². The van der Waals surface area contributed by atoms with Crippen LogP contribution in [-0.4, -0.2) is 46.2 Å². The van der Waals surface area contributed by atoms with Crippen molar-refractivity contribution in [1.29, 1.82) is 0 Å². The predicted molar refractivity (Wildman–Crippen MR) is 124 cm³/mol. The smallest absolute Gasteiger partial charge is 0.262 e. The van der Waals surface area contributed by atoms with Crippen molar-refractivity contribution in [2.75, 3.05) is 6.61 Å². The minimum absolute atomic E-state index is 0.0190. The first-order chi connectivity index (χ1) is 15.5. The van der Waals surface area contributed by atoms with E-state index in [9.17, 15) is 9.59 Å². The molecular formula is C23H25ClN4O3S. The first-order valence-corrected chi connectivity index (χ1v) is 12.2. The van der Waals surface area contributed by atoms with Gasteiger partial charge in [-0.25, -0.2) is 4.98 Å². The molecule has 2 amide bonds. The lowest BCUT2D eigenvalue weighted by molar-refractivity contribution is -0.124. The number of imidazole rings is 1. The van der Waals surface area contributed by atoms with Crippen LogP contribution in [0.25, 0.3) is 11.0 Å². The van der Waals surface area contributed by atoms with Crippen molar-refractivity contribution < 1.29 is 14.3 Å². The number of halogens is 1. The van der Waals surface area contributed by atoms with Gasteiger partial charge in [0.1, 0.15) is 6.04 Å². The average molecular weight is 473 g/mol. The first-order valence-electron chi connectivity index (χ1n) is 11.0. The fourth-order valence-corrected chi connectivity index (χ4v) is 5.07. The van der Waals surface area contributed by atoms with Gasteiger partial charge in [-0.15, -0.1) is 11.3 Å². The molecule has 2 N–H and O–H groups in total. The molecule has 1 aliphatic heterocycles. The normalized spacial score (nSPS) is 19.2. The van der Waals surface area contributed by atoms with Crippen LogP contribution in [0.2, 0.25) is 5.02 Å². The van der Waals surface area contributed by atoms with Gasteiger partial charge in [-0.3, -0.25) is 9.59 Å². The number of ether oxygens (including phenoxy) is 1. The number of carbonyl (C=O) groups is 2. The zero-order valence-electron chi connectivity index (χ0n) is 17.6. The van der Waals surface area contributed by atoms with Gasteiger partial charge in [0.25, 0.3) is 5.91 Å². The molecule has 1 unspecified atom stereocenters. The van der Waals surface area contributed by atoms with Crippen LogP contribution in [0.3, 0.4) is 0 Å². The molecule has 3 heterocycles. The van der Waals surface area contributed by atoms with E-state index in [4.69, 9.17) is 16.3 Å². The summed E-state index contributed by atoms with van der Waals surface area (Å²) in [7, 11) is 0. The Labute approximate surface area is 195 Å². The Morgan fingerprint density at radius 2 is 2.12 bits per heavy atom. The fraction of sp³-hybridized carbons (Fsp3) is 0.435. The van der Waals surface area contributed by atoms with Crippen LogP contribution < -0.4 is 10.6 Å². The predicted octanol–water partition coefficient (Wildman–Crippen LogP) is 3.75. The number of thiophene rings is 1. The van der Waals surface area contributed by atoms with E-state index in [-0.39, 0.29) is 24.0 Å². The van der Waals surface area contributed by atoms with Gasteiger partial charge in [-0.05, 0) is 56.0 Å². The van der Waals surface area contributed by atoms with Crippen LogP contribution in [0.15, 0.2) is 36.7 Å². The lowest BCUT2D eigenvalue weighted by atomic mass is 10.1. The first kappa shape index (κ1) is 21.4. The lowest BCUT2D eigenvalue weighted by Crippen LogP contribution is -2.48. The number of nitrogens with one attached hydrogen (secondary N) is 2. The van der Waals surface area contributed by atoms with Crippen LogP contribution in [0, 0.1) is 0 Å². The molecule has 168 valence electrons. The monoisotopic (exact) mass is 472 g/mol. The quantitative estimate of drug-likeness (QED) is 0.523. The maximum atomic E-state index is 12.9. The van der Waals surface area contributed by atoms with Gasteiger partial charge in [-0.1, -0.05) is 11.6 Å². The van der Waals surface area contributed by atoms with E-state index >= 15 is 0 Å². The molecule has 1 saturated heterocycles. The number of hydrogen-bond acceptors (Lipinski definition) is 5. The topological polar surface area (TPSA) is 85.2 Å². The molecule has 1 aromatic carbocycles. The molecule has 2 atom stereocenters. The summed E-state index contributed by atoms with van der Waals surface area (Å²) in [6.07, 6.45) is 6.24. The van der Waals surface area contributed by atoms with E-state index in [1.54, 1.807) is 6.33 Å². The summed E-state index contributed by atoms with van der Waals surface area (Å²) in [4.78, 5) is 31.7. The molecule has 0 radical (unpaired) electrons. The molecule has 1 saturated carbocycles. The molecule has 1 aliphatic carbocycles. The van der Waals surface area contributed by atoms with Gasteiger partial charge in [0.2, 0.25) is 5.91 Å². The van der Waals surface area contributed by atoms with E-state index in [1.807, 2.05) is 34.9 Å². The molecule has 2 fully saturated rings. The van der Waals surface area contributed by atoms with Crippen LogP contribution >= 0.6 is 22.9 Å². The molecule has 0 bridgehead atoms. The van der Waals surface area contributed by atoms with Gasteiger partial charge in [0.05, 0.1) is 34.9 Å². The molecule has 9 heteroatoms. The third-order valence-corrected chi connectivity index (χ3v) is 7.17. The van der Waals surface area contributed by atoms with E-state index in [0.29, 0.717) is 22.9 Å². The summed E-state index contributed by atoms with van der Waals surface area (Å²) in [6, 6.07) is 9.01. The van der Waals surface area contributed by atoms with E-state index < -0.39 is 6.04 Å². The Kier molecular flexibility index (Phi) is 6.17. The summed E-state index contributed by atoms with van der Waals surface area (Å²) in [5, 5.41) is 6.62. The Balaban J connectivity index is 1.26. The average Bonchev–Trinajstić information content (AvgIpc) is 3.16. The van der Waals surface area contributed by atoms with Crippen LogP contribution in [-0.2, 0) is 16.1 Å². The number of aromatic nitrogens is 2. The number of hydrogen-bond donors (Lipinski definition) is 2. The third kappa shape index (κ3) is 4.98. The summed E-state index contributed by atoms with van der Waals surface area (Å²) in [6.45, 7) is 1.31. The highest BCUT2D eigenvalue weighted by Crippen LogP contribution is 2.24. The van der Waals surface area contributed by atoms with Gasteiger partial charge in [0, 0.05) is 29.0 Å². The number of fused-ring (bicyclic) bond motifs is 1. The van der Waals surface area contributed by atoms with E-state index in [2.05, 4.69) is 15.6 Å². The minimum atomic E-state index is -0.587. The van der Waals surface area contributed by atoms with Crippen molar-refractivity contribution in [1.82, 2.24) is 20.2 Å². The Morgan fingerprint density at radius 1 is 1.25 bits per heavy atom. The minimum Gasteiger partial charge on any atom is -0.378 e. The number of carbonyl (C=O) groups excluding carboxylic acids is 2. The van der Waals surface area contributed by atoms with Crippen molar-refractivity contribution in [2.45, 2.75) is 56.8 Å². The molecule has 3 aromatic rings. The van der Waals surface area contributed by atoms with Crippen molar-refractivity contribution in [3.8, 4) is 0 Å². The number of benzene rings is 1. The summed E-state index contributed by atoms with van der Waals surface area (Å²) < 4.78 is 7.71. The zero-order valence-corrected chi connectivity index (χ0v) is 19.1. The summed E-state index contributed by atoms with van der Waals surface area (Å²) >= 11 is 7.55. The maximum Gasteiger partial charge on any atom is 0.262 e. The van der Waals surface area contributed by atoms with Crippen molar-refractivity contribution in [3.63, 3.8) is 0 Å². The largest absolute Gasteiger partial charge is 0.378 e. The molecule has 32 heavy (non-hydrogen) atoms. The molecular weight excluding hydrogens is 448 g/mol. The van der Waals surface area contributed by atoms with E-state index in [0.717, 1.165) is 48.2 Å². The molecule has 2 aromatic heterocycles. The SMILES string of the molecule is O=C(N[C@@H](CC1CCCO1)C(=O)NC1CC1)c1ccc(Cn2cnc3ccc(Cl)cc32)s1. The van der Waals surface area contributed by atoms with E-state index in [1.165, 1.54) is 11.3 Å². The number of rotatable bonds is 8. The molecule has 7 nitrogen and oxygen atoms in total. The van der Waals surface area contributed by atoms with Crippen LogP contribution in [0.5, 0.6) is 0 Å². The maximum absolute atomic E-state index is 12.9. The Hall–Kier alpha value is -2.42. The van der Waals surface area contributed by atoms with Crippen molar-refractivity contribution >= 4 is 45.8 Å². The Bertz CT molecular complexity index is 1130. The van der Waals surface area contributed by atoms with Crippen molar-refractivity contribution in [3.05, 3.63) is 51.4 Å². The van der Waals surface area contributed by atoms with Gasteiger partial charge in [0.15, 0.2) is 0 Å². The second kappa shape index (κ2) is 9.21.